The van der Waals surface area contributed by atoms with Crippen molar-refractivity contribution in [1.29, 1.82) is 0 Å². The van der Waals surface area contributed by atoms with Gasteiger partial charge in [-0.1, -0.05) is 13.2 Å². The molecule has 3 nitrogen and oxygen atoms in total. The number of hydrogen-bond donors (Lipinski definition) is 0. The normalized spacial score (nSPS) is 7.00. The van der Waals surface area contributed by atoms with E-state index >= 15 is 0 Å². The summed E-state index contributed by atoms with van der Waals surface area (Å²) in [7, 11) is 0. The number of hydrogen-bond acceptors (Lipinski definition) is 3. The zero-order chi connectivity index (χ0) is 6.41. The fourth-order valence-electron chi connectivity index (χ4n) is 0.164. The summed E-state index contributed by atoms with van der Waals surface area (Å²) in [5.41, 5.74) is 0. The Kier molecular flexibility index (Phi) is 3.31. The molecule has 0 amide bonds. The molecule has 0 N–H and O–H groups in total. The van der Waals surface area contributed by atoms with Gasteiger partial charge >= 0.3 is 6.16 Å². The average molecular weight is 114 g/mol. The number of carbonyl (C=O) groups excluding carboxylic acids is 1. The predicted octanol–water partition coefficient (Wildman–Crippen LogP) is 1.43. The summed E-state index contributed by atoms with van der Waals surface area (Å²) in [6.45, 7) is 6.25. The van der Waals surface area contributed by atoms with Crippen molar-refractivity contribution in [3.63, 3.8) is 0 Å². The summed E-state index contributed by atoms with van der Waals surface area (Å²) in [5, 5.41) is 0. The monoisotopic (exact) mass is 114 g/mol. The van der Waals surface area contributed by atoms with Gasteiger partial charge in [0.25, 0.3) is 0 Å². The Morgan fingerprint density at radius 1 is 1.25 bits per heavy atom. The Labute approximate surface area is 47.2 Å². The molecule has 0 aromatic rings. The molecule has 0 unspecified atom stereocenters. The van der Waals surface area contributed by atoms with Gasteiger partial charge in [-0.25, -0.2) is 4.79 Å². The van der Waals surface area contributed by atoms with Crippen LogP contribution in [0.3, 0.4) is 0 Å². The molecule has 0 heterocycles. The van der Waals surface area contributed by atoms with Crippen molar-refractivity contribution in [2.75, 3.05) is 0 Å². The molecule has 0 saturated heterocycles. The molecule has 8 heavy (non-hydrogen) atoms. The molecule has 0 saturated carbocycles. The highest BCUT2D eigenvalue weighted by Crippen LogP contribution is 1.83. The van der Waals surface area contributed by atoms with Crippen LogP contribution in [0.15, 0.2) is 25.7 Å². The van der Waals surface area contributed by atoms with Crippen LogP contribution in [0, 0.1) is 0 Å². The van der Waals surface area contributed by atoms with Crippen molar-refractivity contribution in [3.05, 3.63) is 25.7 Å². The van der Waals surface area contributed by atoms with Crippen LogP contribution in [0.4, 0.5) is 4.79 Å². The molecule has 0 aromatic carbocycles. The lowest BCUT2D eigenvalue weighted by atomic mass is 11.1. The minimum absolute atomic E-state index is 0.824. The highest BCUT2D eigenvalue weighted by molar-refractivity contribution is 5.61. The maximum Gasteiger partial charge on any atom is 0.518 e. The van der Waals surface area contributed by atoms with E-state index in [0.717, 1.165) is 12.5 Å². The molecule has 0 rings (SSSR count). The summed E-state index contributed by atoms with van der Waals surface area (Å²) in [6.07, 6.45) is 1.13. The maximum atomic E-state index is 10.1. The third-order valence-corrected chi connectivity index (χ3v) is 0.359. The topological polar surface area (TPSA) is 35.5 Å². The van der Waals surface area contributed by atoms with Gasteiger partial charge in [-0.05, 0) is 0 Å². The van der Waals surface area contributed by atoms with Gasteiger partial charge < -0.3 is 9.47 Å². The summed E-state index contributed by atoms with van der Waals surface area (Å²) in [6, 6.07) is 0. The third kappa shape index (κ3) is 2.96. The molecule has 0 spiro atoms. The minimum Gasteiger partial charge on any atom is -0.403 e. The van der Waals surface area contributed by atoms with E-state index in [1.54, 1.807) is 0 Å². The molecule has 3 heteroatoms. The zero-order valence-corrected chi connectivity index (χ0v) is 4.29. The Morgan fingerprint density at radius 2 is 1.62 bits per heavy atom. The lowest BCUT2D eigenvalue weighted by Crippen LogP contribution is -1.96. The van der Waals surface area contributed by atoms with Gasteiger partial charge in [0.2, 0.25) is 0 Å². The van der Waals surface area contributed by atoms with E-state index in [4.69, 9.17) is 0 Å². The van der Waals surface area contributed by atoms with Crippen LogP contribution in [-0.4, -0.2) is 6.16 Å². The predicted molar refractivity (Wildman–Crippen MR) is 28.0 cm³/mol. The van der Waals surface area contributed by atoms with E-state index in [1.165, 1.54) is 0 Å². The molecule has 0 aliphatic heterocycles. The molecule has 0 bridgehead atoms. The van der Waals surface area contributed by atoms with E-state index in [0.29, 0.717) is 0 Å². The molecule has 0 radical (unpaired) electrons. The van der Waals surface area contributed by atoms with Crippen molar-refractivity contribution in [3.8, 4) is 0 Å². The van der Waals surface area contributed by atoms with Crippen LogP contribution >= 0.6 is 0 Å². The highest BCUT2D eigenvalue weighted by atomic mass is 16.7. The van der Waals surface area contributed by atoms with E-state index < -0.39 is 6.16 Å². The summed E-state index contributed by atoms with van der Waals surface area (Å²) in [4.78, 5) is 10.1. The molecule has 44 valence electrons. The number of rotatable bonds is 2. The van der Waals surface area contributed by atoms with Crippen molar-refractivity contribution in [1.82, 2.24) is 0 Å². The standard InChI is InChI=1S/C5H6O3/c1-3-7-5(6)8-4-2/h3-4H,1-2H2. The Balaban J connectivity index is 3.32. The zero-order valence-electron chi connectivity index (χ0n) is 4.29. The second kappa shape index (κ2) is 3.92. The van der Waals surface area contributed by atoms with E-state index in [1.807, 2.05) is 0 Å². The molecule has 0 atom stereocenters. The molecule has 0 fully saturated rings. The van der Waals surface area contributed by atoms with Crippen LogP contribution in [-0.2, 0) is 9.47 Å². The quantitative estimate of drug-likeness (QED) is 0.402. The number of ether oxygens (including phenoxy) is 2. The first kappa shape index (κ1) is 6.75. The Bertz CT molecular complexity index is 94.2. The third-order valence-electron chi connectivity index (χ3n) is 0.359. The summed E-state index contributed by atoms with van der Waals surface area (Å²) >= 11 is 0. The summed E-state index contributed by atoms with van der Waals surface area (Å²) in [5.74, 6) is 0. The van der Waals surface area contributed by atoms with E-state index in [2.05, 4.69) is 22.6 Å². The fraction of sp³-hybridized carbons (Fsp3) is 0. The van der Waals surface area contributed by atoms with Crippen LogP contribution < -0.4 is 0 Å². The lowest BCUT2D eigenvalue weighted by molar-refractivity contribution is 0.120. The first-order valence-corrected chi connectivity index (χ1v) is 1.90. The van der Waals surface area contributed by atoms with Gasteiger partial charge in [-0.2, -0.15) is 0 Å². The van der Waals surface area contributed by atoms with Gasteiger partial charge in [0.1, 0.15) is 0 Å². The molecular formula is C5H6O3. The van der Waals surface area contributed by atoms with E-state index in [9.17, 15) is 4.79 Å². The molecule has 0 aromatic heterocycles. The van der Waals surface area contributed by atoms with Crippen LogP contribution in [0.25, 0.3) is 0 Å². The highest BCUT2D eigenvalue weighted by Gasteiger charge is 1.93. The van der Waals surface area contributed by atoms with E-state index in [-0.39, 0.29) is 0 Å². The Morgan fingerprint density at radius 3 is 1.88 bits per heavy atom. The first-order chi connectivity index (χ1) is 3.81. The second-order valence-corrected chi connectivity index (χ2v) is 0.819. The molecule has 0 aliphatic carbocycles. The lowest BCUT2D eigenvalue weighted by Gasteiger charge is -1.91. The van der Waals surface area contributed by atoms with Gasteiger partial charge in [0.05, 0.1) is 12.5 Å². The van der Waals surface area contributed by atoms with Crippen molar-refractivity contribution in [2.45, 2.75) is 0 Å². The maximum absolute atomic E-state index is 10.1. The average Bonchev–Trinajstić information content (AvgIpc) is 1.68. The van der Waals surface area contributed by atoms with Crippen LogP contribution in [0.1, 0.15) is 0 Å². The van der Waals surface area contributed by atoms with Crippen molar-refractivity contribution in [2.24, 2.45) is 0 Å². The van der Waals surface area contributed by atoms with Gasteiger partial charge in [0, 0.05) is 0 Å². The van der Waals surface area contributed by atoms with Crippen LogP contribution in [0.2, 0.25) is 0 Å². The minimum atomic E-state index is -0.824. The summed E-state index contributed by atoms with van der Waals surface area (Å²) < 4.78 is 8.23. The smallest absolute Gasteiger partial charge is 0.403 e. The molecule has 0 aliphatic rings. The molecular weight excluding hydrogens is 108 g/mol. The van der Waals surface area contributed by atoms with Crippen molar-refractivity contribution >= 4 is 6.16 Å². The fourth-order valence-corrected chi connectivity index (χ4v) is 0.164. The number of carbonyl (C=O) groups is 1. The SMILES string of the molecule is C=COC(=O)OC=C. The second-order valence-electron chi connectivity index (χ2n) is 0.819. The Hall–Kier alpha value is -1.25. The van der Waals surface area contributed by atoms with Crippen molar-refractivity contribution < 1.29 is 14.3 Å². The first-order valence-electron chi connectivity index (χ1n) is 1.90. The van der Waals surface area contributed by atoms with Gasteiger partial charge in [-0.3, -0.25) is 0 Å². The largest absolute Gasteiger partial charge is 0.518 e. The van der Waals surface area contributed by atoms with Crippen LogP contribution in [0.5, 0.6) is 0 Å². The van der Waals surface area contributed by atoms with Gasteiger partial charge in [-0.15, -0.1) is 0 Å². The van der Waals surface area contributed by atoms with Gasteiger partial charge in [0.15, 0.2) is 0 Å².